The second-order valence-corrected chi connectivity index (χ2v) is 5.26. The average Bonchev–Trinajstić information content (AvgIpc) is 2.45. The zero-order valence-electron chi connectivity index (χ0n) is 12.0. The minimum absolute atomic E-state index is 0.289. The first-order valence-electron chi connectivity index (χ1n) is 6.90. The number of aryl methyl sites for hydroxylation is 2. The Labute approximate surface area is 122 Å². The highest BCUT2D eigenvalue weighted by molar-refractivity contribution is 5.48. The maximum Gasteiger partial charge on any atom is 0.161 e. The van der Waals surface area contributed by atoms with Crippen LogP contribution in [0.15, 0.2) is 30.3 Å². The van der Waals surface area contributed by atoms with E-state index >= 15 is 0 Å². The molecule has 3 nitrogen and oxygen atoms in total. The Kier molecular flexibility index (Phi) is 3.55. The zero-order chi connectivity index (χ0) is 15.0. The first kappa shape index (κ1) is 13.9. The van der Waals surface area contributed by atoms with E-state index in [0.29, 0.717) is 30.3 Å². The lowest BCUT2D eigenvalue weighted by Gasteiger charge is -2.21. The van der Waals surface area contributed by atoms with Gasteiger partial charge in [0.15, 0.2) is 11.5 Å². The standard InChI is InChI=1S/C17H17FO3/c1-10-7-13(18)8-11(2)16(10)17(19)12-3-4-14-15(9-12)21-6-5-20-14/h3-4,7-9,17,19H,5-6H2,1-2H3. The SMILES string of the molecule is Cc1cc(F)cc(C)c1C(O)c1ccc2c(c1)OCCO2. The molecule has 1 N–H and O–H groups in total. The fraction of sp³-hybridized carbons (Fsp3) is 0.294. The van der Waals surface area contributed by atoms with Crippen molar-refractivity contribution in [3.8, 4) is 11.5 Å². The van der Waals surface area contributed by atoms with Crippen LogP contribution in [0.1, 0.15) is 28.4 Å². The van der Waals surface area contributed by atoms with Crippen molar-refractivity contribution in [2.45, 2.75) is 20.0 Å². The molecular formula is C17H17FO3. The highest BCUT2D eigenvalue weighted by Gasteiger charge is 2.19. The highest BCUT2D eigenvalue weighted by atomic mass is 19.1. The minimum Gasteiger partial charge on any atom is -0.486 e. The van der Waals surface area contributed by atoms with Crippen molar-refractivity contribution in [3.05, 3.63) is 58.4 Å². The Bertz CT molecular complexity index is 659. The van der Waals surface area contributed by atoms with Crippen LogP contribution in [-0.4, -0.2) is 18.3 Å². The lowest BCUT2D eigenvalue weighted by molar-refractivity contribution is 0.169. The average molecular weight is 288 g/mol. The third-order valence-electron chi connectivity index (χ3n) is 3.71. The summed E-state index contributed by atoms with van der Waals surface area (Å²) in [5, 5.41) is 10.6. The molecule has 0 saturated carbocycles. The molecule has 3 rings (SSSR count). The number of ether oxygens (including phenoxy) is 2. The van der Waals surface area contributed by atoms with E-state index < -0.39 is 6.10 Å². The van der Waals surface area contributed by atoms with Crippen LogP contribution < -0.4 is 9.47 Å². The van der Waals surface area contributed by atoms with Crippen LogP contribution in [-0.2, 0) is 0 Å². The molecule has 0 radical (unpaired) electrons. The number of aliphatic hydroxyl groups is 1. The van der Waals surface area contributed by atoms with Crippen molar-refractivity contribution >= 4 is 0 Å². The predicted molar refractivity (Wildman–Crippen MR) is 77.4 cm³/mol. The van der Waals surface area contributed by atoms with E-state index in [1.807, 2.05) is 0 Å². The third kappa shape index (κ3) is 2.59. The number of fused-ring (bicyclic) bond motifs is 1. The van der Waals surface area contributed by atoms with Crippen molar-refractivity contribution in [1.82, 2.24) is 0 Å². The largest absolute Gasteiger partial charge is 0.486 e. The molecule has 21 heavy (non-hydrogen) atoms. The van der Waals surface area contributed by atoms with Crippen molar-refractivity contribution in [1.29, 1.82) is 0 Å². The van der Waals surface area contributed by atoms with Gasteiger partial charge in [-0.3, -0.25) is 0 Å². The molecule has 1 aliphatic heterocycles. The summed E-state index contributed by atoms with van der Waals surface area (Å²) in [6.07, 6.45) is -0.818. The Morgan fingerprint density at radius 1 is 1.00 bits per heavy atom. The summed E-state index contributed by atoms with van der Waals surface area (Å²) in [6.45, 7) is 4.63. The predicted octanol–water partition coefficient (Wildman–Crippen LogP) is 3.30. The minimum atomic E-state index is -0.818. The van der Waals surface area contributed by atoms with Crippen LogP contribution >= 0.6 is 0 Å². The maximum atomic E-state index is 13.4. The van der Waals surface area contributed by atoms with Gasteiger partial charge in [-0.2, -0.15) is 0 Å². The van der Waals surface area contributed by atoms with Gasteiger partial charge < -0.3 is 14.6 Å². The van der Waals surface area contributed by atoms with E-state index in [1.54, 1.807) is 32.0 Å². The molecule has 1 aliphatic rings. The Morgan fingerprint density at radius 2 is 1.62 bits per heavy atom. The molecule has 1 unspecified atom stereocenters. The first-order chi connectivity index (χ1) is 10.1. The summed E-state index contributed by atoms with van der Waals surface area (Å²) >= 11 is 0. The molecule has 0 aromatic heterocycles. The summed E-state index contributed by atoms with van der Waals surface area (Å²) in [5.41, 5.74) is 2.90. The van der Waals surface area contributed by atoms with Crippen LogP contribution in [0.4, 0.5) is 4.39 Å². The van der Waals surface area contributed by atoms with E-state index in [4.69, 9.17) is 9.47 Å². The van der Waals surface area contributed by atoms with Gasteiger partial charge in [-0.1, -0.05) is 6.07 Å². The van der Waals surface area contributed by atoms with Gasteiger partial charge in [0.25, 0.3) is 0 Å². The van der Waals surface area contributed by atoms with Crippen LogP contribution in [0.2, 0.25) is 0 Å². The van der Waals surface area contributed by atoms with E-state index in [9.17, 15) is 9.50 Å². The first-order valence-corrected chi connectivity index (χ1v) is 6.90. The highest BCUT2D eigenvalue weighted by Crippen LogP contribution is 2.35. The number of benzene rings is 2. The molecule has 2 aromatic rings. The molecule has 0 bridgehead atoms. The normalized spacial score (nSPS) is 14.9. The van der Waals surface area contributed by atoms with Crippen molar-refractivity contribution in [2.75, 3.05) is 13.2 Å². The summed E-state index contributed by atoms with van der Waals surface area (Å²) in [5.74, 6) is 1.03. The molecule has 0 spiro atoms. The summed E-state index contributed by atoms with van der Waals surface area (Å²) in [6, 6.07) is 8.25. The van der Waals surface area contributed by atoms with Crippen LogP contribution in [0.5, 0.6) is 11.5 Å². The number of rotatable bonds is 2. The molecule has 2 aromatic carbocycles. The number of hydrogen-bond donors (Lipinski definition) is 1. The van der Waals surface area contributed by atoms with E-state index in [0.717, 1.165) is 16.7 Å². The van der Waals surface area contributed by atoms with Crippen LogP contribution in [0.25, 0.3) is 0 Å². The lowest BCUT2D eigenvalue weighted by atomic mass is 9.93. The number of halogens is 1. The molecule has 1 heterocycles. The lowest BCUT2D eigenvalue weighted by Crippen LogP contribution is -2.16. The summed E-state index contributed by atoms with van der Waals surface area (Å²) in [4.78, 5) is 0. The number of hydrogen-bond acceptors (Lipinski definition) is 3. The molecule has 0 amide bonds. The molecule has 1 atom stereocenters. The smallest absolute Gasteiger partial charge is 0.161 e. The van der Waals surface area contributed by atoms with Gasteiger partial charge in [-0.05, 0) is 60.4 Å². The van der Waals surface area contributed by atoms with Gasteiger partial charge in [-0.15, -0.1) is 0 Å². The van der Waals surface area contributed by atoms with Gasteiger partial charge in [0.1, 0.15) is 25.1 Å². The van der Waals surface area contributed by atoms with Gasteiger partial charge in [-0.25, -0.2) is 4.39 Å². The van der Waals surface area contributed by atoms with Crippen LogP contribution in [0.3, 0.4) is 0 Å². The Balaban J connectivity index is 2.01. The summed E-state index contributed by atoms with van der Waals surface area (Å²) in [7, 11) is 0. The summed E-state index contributed by atoms with van der Waals surface area (Å²) < 4.78 is 24.4. The maximum absolute atomic E-state index is 13.4. The van der Waals surface area contributed by atoms with Gasteiger partial charge in [0, 0.05) is 0 Å². The number of aliphatic hydroxyl groups excluding tert-OH is 1. The van der Waals surface area contributed by atoms with E-state index in [-0.39, 0.29) is 5.82 Å². The molecular weight excluding hydrogens is 271 g/mol. The zero-order valence-corrected chi connectivity index (χ0v) is 12.0. The molecule has 0 saturated heterocycles. The van der Waals surface area contributed by atoms with E-state index in [1.165, 1.54) is 12.1 Å². The van der Waals surface area contributed by atoms with Gasteiger partial charge in [0.2, 0.25) is 0 Å². The van der Waals surface area contributed by atoms with Crippen molar-refractivity contribution in [3.63, 3.8) is 0 Å². The van der Waals surface area contributed by atoms with Gasteiger partial charge in [0.05, 0.1) is 0 Å². The second-order valence-electron chi connectivity index (χ2n) is 5.26. The topological polar surface area (TPSA) is 38.7 Å². The Morgan fingerprint density at radius 3 is 2.29 bits per heavy atom. The van der Waals surface area contributed by atoms with Crippen LogP contribution in [0, 0.1) is 19.7 Å². The van der Waals surface area contributed by atoms with Crippen molar-refractivity contribution < 1.29 is 19.0 Å². The molecule has 0 fully saturated rings. The Hall–Kier alpha value is -2.07. The fourth-order valence-corrected chi connectivity index (χ4v) is 2.75. The third-order valence-corrected chi connectivity index (χ3v) is 3.71. The molecule has 0 aliphatic carbocycles. The van der Waals surface area contributed by atoms with Crippen molar-refractivity contribution in [2.24, 2.45) is 0 Å². The second kappa shape index (κ2) is 5.37. The quantitative estimate of drug-likeness (QED) is 0.921. The molecule has 110 valence electrons. The molecule has 4 heteroatoms. The van der Waals surface area contributed by atoms with Gasteiger partial charge >= 0.3 is 0 Å². The van der Waals surface area contributed by atoms with E-state index in [2.05, 4.69) is 0 Å². The fourth-order valence-electron chi connectivity index (χ4n) is 2.75. The monoisotopic (exact) mass is 288 g/mol.